The van der Waals surface area contributed by atoms with E-state index < -0.39 is 0 Å². The van der Waals surface area contributed by atoms with Crippen LogP contribution < -0.4 is 5.73 Å². The number of amides is 1. The second kappa shape index (κ2) is 5.64. The van der Waals surface area contributed by atoms with E-state index in [4.69, 9.17) is 5.73 Å². The third-order valence-electron chi connectivity index (χ3n) is 3.41. The van der Waals surface area contributed by atoms with E-state index in [0.717, 1.165) is 26.1 Å². The summed E-state index contributed by atoms with van der Waals surface area (Å²) in [5.41, 5.74) is 5.61. The first kappa shape index (κ1) is 13.5. The molecule has 1 fully saturated rings. The molecule has 1 aliphatic rings. The standard InChI is InChI=1S/C12H25N3O/c1-9(2)14(4)7-11-5-6-15(8-11)12(16)10(3)13/h9-11H,5-8,13H2,1-4H3. The molecule has 0 aromatic heterocycles. The Morgan fingerprint density at radius 3 is 2.62 bits per heavy atom. The molecule has 1 saturated heterocycles. The number of carbonyl (C=O) groups is 1. The molecule has 0 bridgehead atoms. The Morgan fingerprint density at radius 2 is 2.12 bits per heavy atom. The predicted octanol–water partition coefficient (Wildman–Crippen LogP) is 0.522. The molecule has 0 aromatic carbocycles. The van der Waals surface area contributed by atoms with Gasteiger partial charge >= 0.3 is 0 Å². The molecule has 1 rings (SSSR count). The van der Waals surface area contributed by atoms with Crippen LogP contribution >= 0.6 is 0 Å². The Bertz CT molecular complexity index is 240. The van der Waals surface area contributed by atoms with Gasteiger partial charge in [-0.25, -0.2) is 0 Å². The van der Waals surface area contributed by atoms with E-state index in [0.29, 0.717) is 12.0 Å². The Balaban J connectivity index is 2.38. The molecule has 2 N–H and O–H groups in total. The van der Waals surface area contributed by atoms with Gasteiger partial charge < -0.3 is 15.5 Å². The second-order valence-corrected chi connectivity index (χ2v) is 5.26. The third kappa shape index (κ3) is 3.46. The van der Waals surface area contributed by atoms with Crippen molar-refractivity contribution in [1.29, 1.82) is 0 Å². The predicted molar refractivity (Wildman–Crippen MR) is 66.1 cm³/mol. The van der Waals surface area contributed by atoms with E-state index in [1.54, 1.807) is 6.92 Å². The molecule has 4 heteroatoms. The molecule has 2 atom stereocenters. The molecule has 0 aromatic rings. The lowest BCUT2D eigenvalue weighted by atomic mass is 10.1. The normalized spacial score (nSPS) is 23.2. The molecule has 1 amide bonds. The minimum atomic E-state index is -0.360. The molecule has 1 aliphatic heterocycles. The van der Waals surface area contributed by atoms with E-state index in [1.165, 1.54) is 0 Å². The van der Waals surface area contributed by atoms with Crippen molar-refractivity contribution in [3.8, 4) is 0 Å². The zero-order valence-electron chi connectivity index (χ0n) is 10.9. The van der Waals surface area contributed by atoms with Crippen LogP contribution in [0.2, 0.25) is 0 Å². The minimum Gasteiger partial charge on any atom is -0.341 e. The number of hydrogen-bond acceptors (Lipinski definition) is 3. The lowest BCUT2D eigenvalue weighted by molar-refractivity contribution is -0.131. The maximum Gasteiger partial charge on any atom is 0.239 e. The van der Waals surface area contributed by atoms with Gasteiger partial charge in [0.05, 0.1) is 6.04 Å². The molecule has 0 aliphatic carbocycles. The summed E-state index contributed by atoms with van der Waals surface area (Å²) in [5, 5.41) is 0. The molecule has 2 unspecified atom stereocenters. The van der Waals surface area contributed by atoms with E-state index in [-0.39, 0.29) is 11.9 Å². The van der Waals surface area contributed by atoms with E-state index in [2.05, 4.69) is 25.8 Å². The lowest BCUT2D eigenvalue weighted by Crippen LogP contribution is -2.41. The van der Waals surface area contributed by atoms with Crippen molar-refractivity contribution in [3.63, 3.8) is 0 Å². The first-order valence-corrected chi connectivity index (χ1v) is 6.16. The van der Waals surface area contributed by atoms with E-state index in [1.807, 2.05) is 4.90 Å². The van der Waals surface area contributed by atoms with Gasteiger partial charge in [-0.2, -0.15) is 0 Å². The summed E-state index contributed by atoms with van der Waals surface area (Å²) in [6.07, 6.45) is 1.11. The Kier molecular flexibility index (Phi) is 4.74. The second-order valence-electron chi connectivity index (χ2n) is 5.26. The van der Waals surface area contributed by atoms with Crippen LogP contribution in [0.5, 0.6) is 0 Å². The van der Waals surface area contributed by atoms with Gasteiger partial charge in [-0.1, -0.05) is 0 Å². The maximum atomic E-state index is 11.7. The summed E-state index contributed by atoms with van der Waals surface area (Å²) in [5.74, 6) is 0.699. The highest BCUT2D eigenvalue weighted by atomic mass is 16.2. The van der Waals surface area contributed by atoms with Gasteiger partial charge in [0.2, 0.25) is 5.91 Å². The highest BCUT2D eigenvalue weighted by Crippen LogP contribution is 2.18. The van der Waals surface area contributed by atoms with Crippen molar-refractivity contribution in [2.24, 2.45) is 11.7 Å². The zero-order chi connectivity index (χ0) is 12.3. The molecule has 0 saturated carbocycles. The SMILES string of the molecule is CC(N)C(=O)N1CCC(CN(C)C(C)C)C1. The number of carbonyl (C=O) groups excluding carboxylic acids is 1. The molecule has 16 heavy (non-hydrogen) atoms. The summed E-state index contributed by atoms with van der Waals surface area (Å²) >= 11 is 0. The fourth-order valence-electron chi connectivity index (χ4n) is 2.09. The number of nitrogens with zero attached hydrogens (tertiary/aromatic N) is 2. The Labute approximate surface area is 98.8 Å². The summed E-state index contributed by atoms with van der Waals surface area (Å²) in [6, 6.07) is 0.208. The number of rotatable bonds is 4. The molecular weight excluding hydrogens is 202 g/mol. The smallest absolute Gasteiger partial charge is 0.239 e. The van der Waals surface area contributed by atoms with Crippen molar-refractivity contribution in [2.45, 2.75) is 39.3 Å². The van der Waals surface area contributed by atoms with Gasteiger partial charge in [-0.05, 0) is 40.2 Å². The first-order valence-electron chi connectivity index (χ1n) is 6.16. The van der Waals surface area contributed by atoms with Gasteiger partial charge in [-0.15, -0.1) is 0 Å². The highest BCUT2D eigenvalue weighted by Gasteiger charge is 2.28. The molecule has 94 valence electrons. The van der Waals surface area contributed by atoms with Gasteiger partial charge in [0.25, 0.3) is 0 Å². The minimum absolute atomic E-state index is 0.0923. The van der Waals surface area contributed by atoms with Gasteiger partial charge in [0, 0.05) is 25.7 Å². The van der Waals surface area contributed by atoms with Crippen molar-refractivity contribution in [2.75, 3.05) is 26.7 Å². The number of likely N-dealkylation sites (tertiary alicyclic amines) is 1. The van der Waals surface area contributed by atoms with Crippen LogP contribution in [0.3, 0.4) is 0 Å². The summed E-state index contributed by atoms with van der Waals surface area (Å²) in [4.78, 5) is 15.9. The number of hydrogen-bond donors (Lipinski definition) is 1. The fourth-order valence-corrected chi connectivity index (χ4v) is 2.09. The topological polar surface area (TPSA) is 49.6 Å². The van der Waals surface area contributed by atoms with Gasteiger partial charge in [0.15, 0.2) is 0 Å². The van der Waals surface area contributed by atoms with Crippen LogP contribution in [0.25, 0.3) is 0 Å². The third-order valence-corrected chi connectivity index (χ3v) is 3.41. The monoisotopic (exact) mass is 227 g/mol. The molecule has 0 radical (unpaired) electrons. The maximum absolute atomic E-state index is 11.7. The summed E-state index contributed by atoms with van der Waals surface area (Å²) in [6.45, 7) is 8.96. The quantitative estimate of drug-likeness (QED) is 0.762. The van der Waals surface area contributed by atoms with Crippen LogP contribution in [0.4, 0.5) is 0 Å². The summed E-state index contributed by atoms with van der Waals surface area (Å²) < 4.78 is 0. The average molecular weight is 227 g/mol. The Hall–Kier alpha value is -0.610. The van der Waals surface area contributed by atoms with Crippen LogP contribution in [0.1, 0.15) is 27.2 Å². The van der Waals surface area contributed by atoms with Crippen LogP contribution in [0, 0.1) is 5.92 Å². The largest absolute Gasteiger partial charge is 0.341 e. The van der Waals surface area contributed by atoms with Crippen molar-refractivity contribution in [3.05, 3.63) is 0 Å². The van der Waals surface area contributed by atoms with Crippen molar-refractivity contribution >= 4 is 5.91 Å². The van der Waals surface area contributed by atoms with E-state index >= 15 is 0 Å². The lowest BCUT2D eigenvalue weighted by Gasteiger charge is -2.25. The van der Waals surface area contributed by atoms with E-state index in [9.17, 15) is 4.79 Å². The summed E-state index contributed by atoms with van der Waals surface area (Å²) in [7, 11) is 2.14. The zero-order valence-corrected chi connectivity index (χ0v) is 10.9. The molecule has 4 nitrogen and oxygen atoms in total. The van der Waals surface area contributed by atoms with Crippen LogP contribution in [-0.4, -0.2) is 54.5 Å². The first-order chi connectivity index (χ1) is 7.41. The van der Waals surface area contributed by atoms with Crippen molar-refractivity contribution < 1.29 is 4.79 Å². The van der Waals surface area contributed by atoms with Gasteiger partial charge in [0.1, 0.15) is 0 Å². The highest BCUT2D eigenvalue weighted by molar-refractivity contribution is 5.81. The fraction of sp³-hybridized carbons (Fsp3) is 0.917. The van der Waals surface area contributed by atoms with Crippen LogP contribution in [-0.2, 0) is 4.79 Å². The Morgan fingerprint density at radius 1 is 1.50 bits per heavy atom. The van der Waals surface area contributed by atoms with Gasteiger partial charge in [-0.3, -0.25) is 4.79 Å². The average Bonchev–Trinajstić information content (AvgIpc) is 2.64. The molecule has 1 heterocycles. The van der Waals surface area contributed by atoms with Crippen LogP contribution in [0.15, 0.2) is 0 Å². The molecule has 0 spiro atoms. The number of nitrogens with two attached hydrogens (primary N) is 1. The van der Waals surface area contributed by atoms with Crippen molar-refractivity contribution in [1.82, 2.24) is 9.80 Å². The molecular formula is C12H25N3O.